The van der Waals surface area contributed by atoms with Gasteiger partial charge in [-0.25, -0.2) is 15.0 Å². The average molecular weight is 1610 g/mol. The number of hydrogen-bond acceptors (Lipinski definition) is 6. The summed E-state index contributed by atoms with van der Waals surface area (Å²) in [6.07, 6.45) is 0. The number of aromatic nitrogens is 6. The van der Waals surface area contributed by atoms with Crippen LogP contribution in [0.15, 0.2) is 413 Å². The van der Waals surface area contributed by atoms with Crippen molar-refractivity contribution in [3.63, 3.8) is 0 Å². The van der Waals surface area contributed by atoms with Crippen LogP contribution in [0.5, 0.6) is 0 Å². The Hall–Kier alpha value is -15.2. The van der Waals surface area contributed by atoms with Crippen molar-refractivity contribution in [2.24, 2.45) is 0 Å². The van der Waals surface area contributed by atoms with Crippen LogP contribution in [-0.4, -0.2) is 28.7 Å². The second-order valence-electron chi connectivity index (χ2n) is 31.5. The van der Waals surface area contributed by atoms with E-state index in [0.717, 1.165) is 83.9 Å². The number of fused-ring (bicyclic) bond motifs is 32. The minimum atomic E-state index is 0.957. The van der Waals surface area contributed by atoms with Gasteiger partial charge in [0.2, 0.25) is 0 Å². The van der Waals surface area contributed by atoms with E-state index in [1.54, 1.807) is 0 Å². The highest BCUT2D eigenvalue weighted by Crippen LogP contribution is 2.52. The van der Waals surface area contributed by atoms with E-state index in [2.05, 4.69) is 408 Å². The van der Waals surface area contributed by atoms with Gasteiger partial charge < -0.3 is 9.13 Å². The topological polar surface area (TPSA) is 53.5 Å². The maximum absolute atomic E-state index is 5.13. The smallest absolute Gasteiger partial charge is 0.138 e. The quantitative estimate of drug-likeness (QED) is 0.160. The van der Waals surface area contributed by atoms with Crippen LogP contribution >= 0.6 is 34.0 Å². The van der Waals surface area contributed by atoms with Gasteiger partial charge in [-0.15, -0.1) is 34.0 Å². The van der Waals surface area contributed by atoms with Crippen molar-refractivity contribution in [2.45, 2.75) is 0 Å². The first kappa shape index (κ1) is 69.8. The monoisotopic (exact) mass is 1600 g/mol. The van der Waals surface area contributed by atoms with Crippen LogP contribution in [0.1, 0.15) is 0 Å². The molecule has 0 atom stereocenters. The number of hydrogen-bond donors (Lipinski definition) is 0. The van der Waals surface area contributed by atoms with E-state index in [1.165, 1.54) is 158 Å². The largest absolute Gasteiger partial charge is 0.308 e. The van der Waals surface area contributed by atoms with Crippen LogP contribution in [0.25, 0.3) is 242 Å². The first-order valence-corrected chi connectivity index (χ1v) is 43.8. The number of rotatable bonds is 7. The van der Waals surface area contributed by atoms with Gasteiger partial charge in [0.25, 0.3) is 0 Å². The van der Waals surface area contributed by atoms with Gasteiger partial charge in [0, 0.05) is 118 Å². The van der Waals surface area contributed by atoms with Gasteiger partial charge in [-0.2, -0.15) is 0 Å². The van der Waals surface area contributed by atoms with Crippen LogP contribution < -0.4 is 0 Å². The molecule has 0 unspecified atom stereocenters. The predicted octanol–water partition coefficient (Wildman–Crippen LogP) is 32.1. The van der Waals surface area contributed by atoms with Crippen LogP contribution in [0.3, 0.4) is 0 Å². The Bertz CT molecular complexity index is 8900. The summed E-state index contributed by atoms with van der Waals surface area (Å²) in [5, 5.41) is 26.0. The number of thiophene rings is 3. The molecular formula is C113H68N6S3. The summed E-state index contributed by atoms with van der Waals surface area (Å²) >= 11 is 5.69. The average Bonchev–Trinajstić information content (AvgIpc) is 1.55. The molecule has 18 aromatic carbocycles. The summed E-state index contributed by atoms with van der Waals surface area (Å²) in [7, 11) is 0. The molecule has 27 aromatic rings. The molecule has 0 bridgehead atoms. The maximum Gasteiger partial charge on any atom is 0.138 e. The van der Waals surface area contributed by atoms with Crippen molar-refractivity contribution in [3.8, 4) is 62.1 Å². The van der Waals surface area contributed by atoms with Crippen molar-refractivity contribution in [1.29, 1.82) is 0 Å². The van der Waals surface area contributed by atoms with E-state index in [9.17, 15) is 0 Å². The van der Waals surface area contributed by atoms with Crippen molar-refractivity contribution in [3.05, 3.63) is 413 Å². The Morgan fingerprint density at radius 3 is 0.926 bits per heavy atom. The van der Waals surface area contributed by atoms with Crippen LogP contribution in [0.2, 0.25) is 0 Å². The molecule has 568 valence electrons. The molecule has 27 rings (SSSR count). The molecule has 0 N–H and O–H groups in total. The minimum absolute atomic E-state index is 0.957. The molecule has 0 fully saturated rings. The summed E-state index contributed by atoms with van der Waals surface area (Å²) in [5.74, 6) is 0.957. The van der Waals surface area contributed by atoms with Gasteiger partial charge in [0.05, 0.1) is 75.3 Å². The zero-order valence-electron chi connectivity index (χ0n) is 65.7. The number of nitrogens with zero attached hydrogens (tertiary/aromatic N) is 6. The molecular weight excluding hydrogens is 1540 g/mol. The van der Waals surface area contributed by atoms with Gasteiger partial charge in [0.15, 0.2) is 0 Å². The van der Waals surface area contributed by atoms with Crippen molar-refractivity contribution in [1.82, 2.24) is 28.7 Å². The number of para-hydroxylation sites is 5. The van der Waals surface area contributed by atoms with Crippen molar-refractivity contribution in [2.75, 3.05) is 0 Å². The molecule has 0 saturated carbocycles. The minimum Gasteiger partial charge on any atom is -0.308 e. The Balaban J connectivity index is 0.000000102. The summed E-state index contributed by atoms with van der Waals surface area (Å²) < 4.78 is 15.3. The fourth-order valence-corrected chi connectivity index (χ4v) is 23.1. The molecule has 122 heavy (non-hydrogen) atoms. The van der Waals surface area contributed by atoms with Crippen LogP contribution in [0, 0.1) is 0 Å². The summed E-state index contributed by atoms with van der Waals surface area (Å²) in [4.78, 5) is 15.2. The molecule has 0 amide bonds. The van der Waals surface area contributed by atoms with E-state index in [1.807, 2.05) is 52.2 Å². The van der Waals surface area contributed by atoms with Gasteiger partial charge in [0.1, 0.15) is 5.82 Å². The molecule has 6 nitrogen and oxygen atoms in total. The van der Waals surface area contributed by atoms with Gasteiger partial charge in [-0.1, -0.05) is 309 Å². The van der Waals surface area contributed by atoms with Gasteiger partial charge in [-0.3, -0.25) is 4.57 Å². The van der Waals surface area contributed by atoms with E-state index < -0.39 is 0 Å². The van der Waals surface area contributed by atoms with E-state index in [4.69, 9.17) is 15.0 Å². The standard InChI is InChI=1S/C45H28N2S.C37H22N2S.C31H18N2S/c1-3-13-30(14-4-1)38-27-32(28-39(46-38)31-15-5-2-6-16-31)29-23-25-33(26-24-29)47-40-21-11-9-19-36(40)42-34-17-7-8-18-35(34)43-37-20-10-12-22-41(37)48-45(43)44(42)47;1-6-14-30-23(9-1)19-22-31(38-30)24-17-20-25(21-18-24)39-32-15-7-4-12-28(32)34-26-10-2-3-11-27(26)35-29-13-5-8-16-33(29)40-37(35)36(34)39;1-6-14-24-19(9-1)17-18-27(32-24)33-25-15-7-4-12-22(25)28-20-10-2-3-11-21(20)29-23-13-5-8-16-26(23)34-31(29)30(28)33/h1-28H;1-22H;1-18H. The van der Waals surface area contributed by atoms with E-state index >= 15 is 0 Å². The van der Waals surface area contributed by atoms with Crippen molar-refractivity contribution < 1.29 is 0 Å². The third-order valence-corrected chi connectivity index (χ3v) is 28.2. The molecule has 0 aliphatic rings. The molecule has 9 heterocycles. The highest BCUT2D eigenvalue weighted by atomic mass is 32.1. The fourth-order valence-electron chi connectivity index (χ4n) is 19.4. The molecule has 0 saturated heterocycles. The van der Waals surface area contributed by atoms with Gasteiger partial charge >= 0.3 is 0 Å². The third kappa shape index (κ3) is 11.0. The van der Waals surface area contributed by atoms with E-state index in [0.29, 0.717) is 0 Å². The Kier molecular flexibility index (Phi) is 16.2. The normalized spacial score (nSPS) is 11.9. The lowest BCUT2D eigenvalue weighted by Crippen LogP contribution is -1.97. The SMILES string of the molecule is c1ccc(-c2cc(-c3ccc(-n4c5ccccc5c5c6ccccc6c6c7ccccc7sc6c54)cc3)cc(-c3ccccc3)n2)cc1.c1ccc2nc(-c3ccc(-n4c5ccccc5c5c6ccccc6c6c7ccccc7sc6c54)cc3)ccc2c1.c1ccc2nc(-n3c4ccccc4c4c5ccccc5c5c6ccccc6sc5c43)ccc2c1. The lowest BCUT2D eigenvalue weighted by atomic mass is 9.99. The fraction of sp³-hybridized carbons (Fsp3) is 0. The number of pyridine rings is 3. The van der Waals surface area contributed by atoms with Gasteiger partial charge in [-0.05, 0) is 147 Å². The highest BCUT2D eigenvalue weighted by molar-refractivity contribution is 7.28. The molecule has 9 aromatic heterocycles. The Labute approximate surface area is 711 Å². The Morgan fingerprint density at radius 2 is 0.500 bits per heavy atom. The second-order valence-corrected chi connectivity index (χ2v) is 34.6. The molecule has 0 aliphatic carbocycles. The van der Waals surface area contributed by atoms with Crippen LogP contribution in [-0.2, 0) is 0 Å². The third-order valence-electron chi connectivity index (χ3n) is 24.7. The summed E-state index contributed by atoms with van der Waals surface area (Å²) in [6.45, 7) is 0. The zero-order chi connectivity index (χ0) is 80.0. The van der Waals surface area contributed by atoms with Crippen LogP contribution in [0.4, 0.5) is 0 Å². The Morgan fingerprint density at radius 1 is 0.189 bits per heavy atom. The molecule has 0 radical (unpaired) electrons. The predicted molar refractivity (Wildman–Crippen MR) is 524 cm³/mol. The zero-order valence-corrected chi connectivity index (χ0v) is 68.1. The molecule has 0 aliphatic heterocycles. The maximum atomic E-state index is 5.13. The van der Waals surface area contributed by atoms with Crippen molar-refractivity contribution >= 4 is 214 Å². The first-order valence-electron chi connectivity index (χ1n) is 41.4. The first-order chi connectivity index (χ1) is 60.5. The number of benzene rings is 18. The van der Waals surface area contributed by atoms with E-state index in [-0.39, 0.29) is 0 Å². The second kappa shape index (κ2) is 28.2. The highest BCUT2D eigenvalue weighted by Gasteiger charge is 2.27. The summed E-state index contributed by atoms with van der Waals surface area (Å²) in [6, 6.07) is 148. The molecule has 0 spiro atoms. The lowest BCUT2D eigenvalue weighted by molar-refractivity contribution is 1.11. The lowest BCUT2D eigenvalue weighted by Gasteiger charge is -2.13. The molecule has 9 heteroatoms. The summed E-state index contributed by atoms with van der Waals surface area (Å²) in [5.41, 5.74) is 20.4.